The first-order valence-corrected chi connectivity index (χ1v) is 10.4. The Kier molecular flexibility index (Phi) is 6.02. The lowest BCUT2D eigenvalue weighted by Gasteiger charge is -2.23. The standard InChI is InChI=1S/C24H23N3O5/c28-19(12-14-4-2-1-3-5-14)25-18-10-8-15(9-11-18)22(29)26-27-23(30)20-16-6-7-17(13-16)21(20)24(31)32/h1-11,16-17,20-21H,12-13H2,(H,25,28)(H,26,29)(H,27,30)(H,31,32)/t16-,17-,20+,21-/m0/s1. The molecule has 164 valence electrons. The highest BCUT2D eigenvalue weighted by Crippen LogP contribution is 2.48. The van der Waals surface area contributed by atoms with E-state index in [1.165, 1.54) is 12.1 Å². The summed E-state index contributed by atoms with van der Waals surface area (Å²) in [6.45, 7) is 0. The molecule has 0 aromatic heterocycles. The summed E-state index contributed by atoms with van der Waals surface area (Å²) in [4.78, 5) is 48.6. The van der Waals surface area contributed by atoms with Crippen LogP contribution in [0.2, 0.25) is 0 Å². The van der Waals surface area contributed by atoms with Crippen molar-refractivity contribution in [3.05, 3.63) is 77.9 Å². The molecule has 3 amide bonds. The Hall–Kier alpha value is -3.94. The molecular weight excluding hydrogens is 410 g/mol. The minimum atomic E-state index is -1.00. The molecule has 4 rings (SSSR count). The van der Waals surface area contributed by atoms with E-state index < -0.39 is 29.6 Å². The molecule has 0 spiro atoms. The predicted octanol–water partition coefficient (Wildman–Crippen LogP) is 2.15. The molecule has 1 saturated carbocycles. The number of hydrogen-bond acceptors (Lipinski definition) is 4. The monoisotopic (exact) mass is 433 g/mol. The van der Waals surface area contributed by atoms with Crippen LogP contribution >= 0.6 is 0 Å². The molecule has 2 aromatic carbocycles. The third-order valence-corrected chi connectivity index (χ3v) is 5.98. The Labute approximate surface area is 184 Å². The quantitative estimate of drug-likeness (QED) is 0.410. The predicted molar refractivity (Wildman–Crippen MR) is 116 cm³/mol. The first-order valence-electron chi connectivity index (χ1n) is 10.4. The van der Waals surface area contributed by atoms with Gasteiger partial charge in [-0.15, -0.1) is 0 Å². The number of amides is 3. The second kappa shape index (κ2) is 9.05. The third-order valence-electron chi connectivity index (χ3n) is 5.98. The Bertz CT molecular complexity index is 1060. The van der Waals surface area contributed by atoms with E-state index in [9.17, 15) is 24.3 Å². The van der Waals surface area contributed by atoms with Gasteiger partial charge in [-0.2, -0.15) is 0 Å². The van der Waals surface area contributed by atoms with Crippen LogP contribution in [0.3, 0.4) is 0 Å². The van der Waals surface area contributed by atoms with E-state index in [0.29, 0.717) is 12.1 Å². The summed E-state index contributed by atoms with van der Waals surface area (Å²) in [5.74, 6) is -3.97. The van der Waals surface area contributed by atoms with Crippen molar-refractivity contribution in [3.63, 3.8) is 0 Å². The van der Waals surface area contributed by atoms with Gasteiger partial charge in [0.05, 0.1) is 18.3 Å². The van der Waals surface area contributed by atoms with Crippen LogP contribution in [0.25, 0.3) is 0 Å². The molecule has 8 heteroatoms. The van der Waals surface area contributed by atoms with Crippen molar-refractivity contribution in [2.24, 2.45) is 23.7 Å². The molecule has 1 fully saturated rings. The van der Waals surface area contributed by atoms with Crippen molar-refractivity contribution in [3.8, 4) is 0 Å². The molecule has 8 nitrogen and oxygen atoms in total. The van der Waals surface area contributed by atoms with Crippen molar-refractivity contribution >= 4 is 29.4 Å². The van der Waals surface area contributed by atoms with Crippen LogP contribution in [0, 0.1) is 23.7 Å². The summed E-state index contributed by atoms with van der Waals surface area (Å²) in [5, 5.41) is 12.2. The molecule has 0 radical (unpaired) electrons. The van der Waals surface area contributed by atoms with Crippen molar-refractivity contribution in [1.29, 1.82) is 0 Å². The number of anilines is 1. The fraction of sp³-hybridized carbons (Fsp3) is 0.250. The number of rotatable bonds is 6. The zero-order valence-corrected chi connectivity index (χ0v) is 17.2. The Morgan fingerprint density at radius 1 is 0.844 bits per heavy atom. The van der Waals surface area contributed by atoms with Gasteiger partial charge in [-0.1, -0.05) is 42.5 Å². The topological polar surface area (TPSA) is 125 Å². The van der Waals surface area contributed by atoms with Crippen molar-refractivity contribution < 1.29 is 24.3 Å². The van der Waals surface area contributed by atoms with Gasteiger partial charge in [-0.25, -0.2) is 0 Å². The molecule has 2 bridgehead atoms. The Morgan fingerprint density at radius 2 is 1.50 bits per heavy atom. The second-order valence-corrected chi connectivity index (χ2v) is 8.07. The SMILES string of the molecule is O=C(Cc1ccccc1)Nc1ccc(C(=O)NNC(=O)[C@H]2[C@@H](C(=O)O)[C@H]3C=C[C@H]2C3)cc1. The third kappa shape index (κ3) is 4.54. The van der Waals surface area contributed by atoms with Crippen LogP contribution in [0.1, 0.15) is 22.3 Å². The van der Waals surface area contributed by atoms with Crippen LogP contribution in [0.5, 0.6) is 0 Å². The average Bonchev–Trinajstić information content (AvgIpc) is 3.40. The average molecular weight is 433 g/mol. The number of benzene rings is 2. The first kappa shape index (κ1) is 21.3. The van der Waals surface area contributed by atoms with Gasteiger partial charge in [0.15, 0.2) is 0 Å². The molecule has 2 aliphatic carbocycles. The maximum Gasteiger partial charge on any atom is 0.307 e. The number of carbonyl (C=O) groups is 4. The number of fused-ring (bicyclic) bond motifs is 2. The lowest BCUT2D eigenvalue weighted by Crippen LogP contribution is -2.48. The number of hydrazine groups is 1. The Balaban J connectivity index is 1.29. The van der Waals surface area contributed by atoms with Gasteiger partial charge in [0.2, 0.25) is 11.8 Å². The van der Waals surface area contributed by atoms with Crippen LogP contribution in [-0.2, 0) is 20.8 Å². The van der Waals surface area contributed by atoms with Gasteiger partial charge in [0.25, 0.3) is 5.91 Å². The van der Waals surface area contributed by atoms with Crippen molar-refractivity contribution in [1.82, 2.24) is 10.9 Å². The van der Waals surface area contributed by atoms with E-state index >= 15 is 0 Å². The minimum absolute atomic E-state index is 0.128. The summed E-state index contributed by atoms with van der Waals surface area (Å²) in [5.41, 5.74) is 6.43. The van der Waals surface area contributed by atoms with E-state index in [0.717, 1.165) is 5.56 Å². The second-order valence-electron chi connectivity index (χ2n) is 8.07. The fourth-order valence-electron chi connectivity index (χ4n) is 4.48. The zero-order chi connectivity index (χ0) is 22.7. The molecule has 0 aliphatic heterocycles. The molecule has 0 unspecified atom stereocenters. The molecule has 0 saturated heterocycles. The van der Waals surface area contributed by atoms with Gasteiger partial charge >= 0.3 is 5.97 Å². The fourth-order valence-corrected chi connectivity index (χ4v) is 4.48. The molecule has 4 N–H and O–H groups in total. The molecule has 0 heterocycles. The van der Waals surface area contributed by atoms with Gasteiger partial charge in [-0.3, -0.25) is 30.0 Å². The number of carboxylic acid groups (broad SMARTS) is 1. The lowest BCUT2D eigenvalue weighted by molar-refractivity contribution is -0.148. The highest BCUT2D eigenvalue weighted by atomic mass is 16.4. The minimum Gasteiger partial charge on any atom is -0.481 e. The zero-order valence-electron chi connectivity index (χ0n) is 17.2. The van der Waals surface area contributed by atoms with Gasteiger partial charge in [0.1, 0.15) is 0 Å². The van der Waals surface area contributed by atoms with E-state index in [-0.39, 0.29) is 29.7 Å². The maximum atomic E-state index is 12.5. The van der Waals surface area contributed by atoms with Gasteiger partial charge < -0.3 is 10.4 Å². The maximum absolute atomic E-state index is 12.5. The number of carbonyl (C=O) groups excluding carboxylic acids is 3. The number of hydrogen-bond donors (Lipinski definition) is 4. The van der Waals surface area contributed by atoms with Crippen LogP contribution < -0.4 is 16.2 Å². The normalized spacial score (nSPS) is 22.9. The number of carboxylic acids is 1. The van der Waals surface area contributed by atoms with E-state index in [2.05, 4.69) is 16.2 Å². The smallest absolute Gasteiger partial charge is 0.307 e. The molecule has 4 atom stereocenters. The summed E-state index contributed by atoms with van der Waals surface area (Å²) in [6, 6.07) is 15.6. The van der Waals surface area contributed by atoms with E-state index in [4.69, 9.17) is 0 Å². The molecule has 2 aliphatic rings. The number of nitrogens with one attached hydrogen (secondary N) is 3. The van der Waals surface area contributed by atoms with Crippen LogP contribution in [0.4, 0.5) is 5.69 Å². The van der Waals surface area contributed by atoms with Gasteiger partial charge in [-0.05, 0) is 48.1 Å². The molecule has 32 heavy (non-hydrogen) atoms. The first-order chi connectivity index (χ1) is 15.4. The van der Waals surface area contributed by atoms with Crippen LogP contribution in [0.15, 0.2) is 66.7 Å². The summed E-state index contributed by atoms with van der Waals surface area (Å²) in [7, 11) is 0. The number of allylic oxidation sites excluding steroid dienone is 2. The van der Waals surface area contributed by atoms with Crippen molar-refractivity contribution in [2.75, 3.05) is 5.32 Å². The van der Waals surface area contributed by atoms with Crippen molar-refractivity contribution in [2.45, 2.75) is 12.8 Å². The van der Waals surface area contributed by atoms with Gasteiger partial charge in [0, 0.05) is 11.3 Å². The van der Waals surface area contributed by atoms with Crippen LogP contribution in [-0.4, -0.2) is 28.8 Å². The summed E-state index contributed by atoms with van der Waals surface area (Å²) >= 11 is 0. The summed E-state index contributed by atoms with van der Waals surface area (Å²) < 4.78 is 0. The molecule has 2 aromatic rings. The van der Waals surface area contributed by atoms with E-state index in [1.54, 1.807) is 12.1 Å². The lowest BCUT2D eigenvalue weighted by atomic mass is 9.82. The number of aliphatic carboxylic acids is 1. The highest BCUT2D eigenvalue weighted by molar-refractivity contribution is 5.97. The largest absolute Gasteiger partial charge is 0.481 e. The summed E-state index contributed by atoms with van der Waals surface area (Å²) in [6.07, 6.45) is 4.61. The Morgan fingerprint density at radius 3 is 2.16 bits per heavy atom. The molecular formula is C24H23N3O5. The highest BCUT2D eigenvalue weighted by Gasteiger charge is 2.51. The van der Waals surface area contributed by atoms with E-state index in [1.807, 2.05) is 42.5 Å².